The van der Waals surface area contributed by atoms with Crippen LogP contribution in [0.25, 0.3) is 0 Å². The van der Waals surface area contributed by atoms with Gasteiger partial charge in [0, 0.05) is 5.69 Å². The third kappa shape index (κ3) is 2.46. The molecule has 0 bridgehead atoms. The van der Waals surface area contributed by atoms with Crippen LogP contribution in [0.2, 0.25) is 0 Å². The first-order valence-electron chi connectivity index (χ1n) is 6.67. The Balaban J connectivity index is 2.00. The van der Waals surface area contributed by atoms with E-state index >= 15 is 0 Å². The standard InChI is InChI=1S/C16H15F2N3/c1-10-8-12(18)4-7-14(10)15-9-20-16(19)21(15)13-5-2-11(17)3-6-13/h2-8,15H,9H2,1H3,(H2,19,20). The van der Waals surface area contributed by atoms with Gasteiger partial charge < -0.3 is 10.6 Å². The summed E-state index contributed by atoms with van der Waals surface area (Å²) in [6.07, 6.45) is 0. The molecular formula is C16H15F2N3. The highest BCUT2D eigenvalue weighted by Gasteiger charge is 2.29. The molecule has 0 radical (unpaired) electrons. The van der Waals surface area contributed by atoms with E-state index in [0.29, 0.717) is 12.5 Å². The van der Waals surface area contributed by atoms with Crippen LogP contribution in [0.15, 0.2) is 47.5 Å². The molecule has 0 amide bonds. The molecule has 2 N–H and O–H groups in total. The van der Waals surface area contributed by atoms with Crippen LogP contribution in [0.3, 0.4) is 0 Å². The summed E-state index contributed by atoms with van der Waals surface area (Å²) in [5.74, 6) is -0.185. The second-order valence-corrected chi connectivity index (χ2v) is 5.06. The zero-order valence-corrected chi connectivity index (χ0v) is 11.6. The molecule has 2 aromatic rings. The fourth-order valence-corrected chi connectivity index (χ4v) is 2.66. The molecule has 0 fully saturated rings. The van der Waals surface area contributed by atoms with E-state index in [-0.39, 0.29) is 17.7 Å². The minimum atomic E-state index is -0.303. The van der Waals surface area contributed by atoms with Gasteiger partial charge in [0.05, 0.1) is 12.6 Å². The summed E-state index contributed by atoms with van der Waals surface area (Å²) >= 11 is 0. The molecular weight excluding hydrogens is 272 g/mol. The number of guanidine groups is 1. The molecule has 0 aromatic heterocycles. The van der Waals surface area contributed by atoms with Gasteiger partial charge >= 0.3 is 0 Å². The first-order chi connectivity index (χ1) is 10.1. The van der Waals surface area contributed by atoms with Gasteiger partial charge in [-0.25, -0.2) is 8.78 Å². The third-order valence-electron chi connectivity index (χ3n) is 3.68. The molecule has 21 heavy (non-hydrogen) atoms. The van der Waals surface area contributed by atoms with Gasteiger partial charge in [-0.05, 0) is 54.4 Å². The van der Waals surface area contributed by atoms with Crippen LogP contribution >= 0.6 is 0 Å². The second-order valence-electron chi connectivity index (χ2n) is 5.06. The molecule has 0 saturated carbocycles. The van der Waals surface area contributed by atoms with Crippen LogP contribution in [0.5, 0.6) is 0 Å². The Labute approximate surface area is 121 Å². The fraction of sp³-hybridized carbons (Fsp3) is 0.188. The molecule has 0 spiro atoms. The van der Waals surface area contributed by atoms with Crippen LogP contribution in [-0.4, -0.2) is 12.5 Å². The van der Waals surface area contributed by atoms with Crippen LogP contribution in [0.4, 0.5) is 14.5 Å². The van der Waals surface area contributed by atoms with Gasteiger partial charge in [-0.15, -0.1) is 0 Å². The second kappa shape index (κ2) is 5.16. The van der Waals surface area contributed by atoms with E-state index < -0.39 is 0 Å². The van der Waals surface area contributed by atoms with Gasteiger partial charge in [0.15, 0.2) is 5.96 Å². The Kier molecular flexibility index (Phi) is 3.33. The Morgan fingerprint density at radius 1 is 1.10 bits per heavy atom. The normalized spacial score (nSPS) is 18.0. The minimum absolute atomic E-state index is 0.101. The van der Waals surface area contributed by atoms with E-state index in [2.05, 4.69) is 4.99 Å². The van der Waals surface area contributed by atoms with Crippen molar-refractivity contribution in [1.29, 1.82) is 0 Å². The van der Waals surface area contributed by atoms with E-state index in [9.17, 15) is 8.78 Å². The number of aryl methyl sites for hydroxylation is 1. The number of halogens is 2. The van der Waals surface area contributed by atoms with Crippen molar-refractivity contribution in [3.8, 4) is 0 Å². The summed E-state index contributed by atoms with van der Waals surface area (Å²) in [5.41, 5.74) is 8.54. The number of hydrogen-bond acceptors (Lipinski definition) is 3. The fourth-order valence-electron chi connectivity index (χ4n) is 2.66. The molecule has 1 atom stereocenters. The number of hydrogen-bond donors (Lipinski definition) is 1. The molecule has 1 aliphatic heterocycles. The van der Waals surface area contributed by atoms with Crippen molar-refractivity contribution in [3.05, 3.63) is 65.2 Å². The Bertz CT molecular complexity index is 695. The van der Waals surface area contributed by atoms with Crippen LogP contribution in [0, 0.1) is 18.6 Å². The lowest BCUT2D eigenvalue weighted by Gasteiger charge is -2.27. The maximum atomic E-state index is 13.3. The van der Waals surface area contributed by atoms with Crippen molar-refractivity contribution in [2.45, 2.75) is 13.0 Å². The highest BCUT2D eigenvalue weighted by Crippen LogP contribution is 2.32. The van der Waals surface area contributed by atoms with Crippen LogP contribution < -0.4 is 10.6 Å². The van der Waals surface area contributed by atoms with Crippen molar-refractivity contribution >= 4 is 11.6 Å². The Morgan fingerprint density at radius 3 is 2.43 bits per heavy atom. The van der Waals surface area contributed by atoms with Gasteiger partial charge in [0.25, 0.3) is 0 Å². The number of aliphatic imine (C=N–C) groups is 1. The first kappa shape index (κ1) is 13.5. The average molecular weight is 287 g/mol. The highest BCUT2D eigenvalue weighted by atomic mass is 19.1. The molecule has 2 aromatic carbocycles. The number of anilines is 1. The van der Waals surface area contributed by atoms with Crippen molar-refractivity contribution < 1.29 is 8.78 Å². The van der Waals surface area contributed by atoms with Crippen LogP contribution in [-0.2, 0) is 0 Å². The molecule has 1 heterocycles. The van der Waals surface area contributed by atoms with Gasteiger partial charge in [0.1, 0.15) is 11.6 Å². The molecule has 3 nitrogen and oxygen atoms in total. The lowest BCUT2D eigenvalue weighted by atomic mass is 10.00. The minimum Gasteiger partial charge on any atom is -0.369 e. The molecule has 5 heteroatoms. The average Bonchev–Trinajstić information content (AvgIpc) is 2.82. The van der Waals surface area contributed by atoms with Crippen molar-refractivity contribution in [3.63, 3.8) is 0 Å². The lowest BCUT2D eigenvalue weighted by Crippen LogP contribution is -2.36. The number of rotatable bonds is 2. The molecule has 3 rings (SSSR count). The monoisotopic (exact) mass is 287 g/mol. The van der Waals surface area contributed by atoms with E-state index in [1.54, 1.807) is 18.2 Å². The van der Waals surface area contributed by atoms with Gasteiger partial charge in [-0.2, -0.15) is 0 Å². The SMILES string of the molecule is Cc1cc(F)ccc1C1CN=C(N)N1c1ccc(F)cc1. The molecule has 108 valence electrons. The maximum Gasteiger partial charge on any atom is 0.196 e. The predicted octanol–water partition coefficient (Wildman–Crippen LogP) is 3.15. The summed E-state index contributed by atoms with van der Waals surface area (Å²) in [6, 6.07) is 10.7. The van der Waals surface area contributed by atoms with Crippen molar-refractivity contribution in [1.82, 2.24) is 0 Å². The molecule has 1 unspecified atom stereocenters. The topological polar surface area (TPSA) is 41.6 Å². The zero-order chi connectivity index (χ0) is 15.0. The number of nitrogens with zero attached hydrogens (tertiary/aromatic N) is 2. The summed E-state index contributed by atoms with van der Waals surface area (Å²) in [6.45, 7) is 2.35. The van der Waals surface area contributed by atoms with Gasteiger partial charge in [-0.1, -0.05) is 6.07 Å². The van der Waals surface area contributed by atoms with E-state index in [4.69, 9.17) is 5.73 Å². The van der Waals surface area contributed by atoms with E-state index in [1.165, 1.54) is 24.3 Å². The highest BCUT2D eigenvalue weighted by molar-refractivity contribution is 5.97. The maximum absolute atomic E-state index is 13.3. The molecule has 1 aliphatic rings. The molecule has 0 aliphatic carbocycles. The third-order valence-corrected chi connectivity index (χ3v) is 3.68. The summed E-state index contributed by atoms with van der Waals surface area (Å²) in [5, 5.41) is 0. The largest absolute Gasteiger partial charge is 0.369 e. The van der Waals surface area contributed by atoms with Crippen molar-refractivity contribution in [2.75, 3.05) is 11.4 Å². The Morgan fingerprint density at radius 2 is 1.76 bits per heavy atom. The summed E-state index contributed by atoms with van der Waals surface area (Å²) < 4.78 is 26.3. The molecule has 0 saturated heterocycles. The van der Waals surface area contributed by atoms with E-state index in [1.807, 2.05) is 11.8 Å². The summed E-state index contributed by atoms with van der Waals surface area (Å²) in [4.78, 5) is 6.12. The summed E-state index contributed by atoms with van der Waals surface area (Å²) in [7, 11) is 0. The first-order valence-corrected chi connectivity index (χ1v) is 6.67. The number of benzene rings is 2. The lowest BCUT2D eigenvalue weighted by molar-refractivity contribution is 0.623. The smallest absolute Gasteiger partial charge is 0.196 e. The Hall–Kier alpha value is -2.43. The van der Waals surface area contributed by atoms with E-state index in [0.717, 1.165) is 16.8 Å². The quantitative estimate of drug-likeness (QED) is 0.922. The van der Waals surface area contributed by atoms with Gasteiger partial charge in [0.2, 0.25) is 0 Å². The van der Waals surface area contributed by atoms with Crippen molar-refractivity contribution in [2.24, 2.45) is 10.7 Å². The zero-order valence-electron chi connectivity index (χ0n) is 11.6. The van der Waals surface area contributed by atoms with Crippen LogP contribution in [0.1, 0.15) is 17.2 Å². The number of nitrogens with two attached hydrogens (primary N) is 1. The predicted molar refractivity (Wildman–Crippen MR) is 79.2 cm³/mol. The van der Waals surface area contributed by atoms with Gasteiger partial charge in [-0.3, -0.25) is 4.99 Å².